The number of nitrogens with zero attached hydrogens (tertiary/aromatic N) is 1. The van der Waals surface area contributed by atoms with Crippen molar-refractivity contribution in [2.24, 2.45) is 16.8 Å². The third-order valence-corrected chi connectivity index (χ3v) is 3.25. The van der Waals surface area contributed by atoms with Crippen molar-refractivity contribution in [1.29, 1.82) is 0 Å². The molecule has 0 radical (unpaired) electrons. The summed E-state index contributed by atoms with van der Waals surface area (Å²) in [5.74, 6) is 0.642. The quantitative estimate of drug-likeness (QED) is 0.285. The maximum atomic E-state index is 11.3. The van der Waals surface area contributed by atoms with Crippen LogP contribution in [0.1, 0.15) is 32.6 Å². The summed E-state index contributed by atoms with van der Waals surface area (Å²) < 4.78 is 4.56. The minimum Gasteiger partial charge on any atom is -0.453 e. The number of hydrogen-bond donors (Lipinski definition) is 3. The van der Waals surface area contributed by atoms with Crippen molar-refractivity contribution in [3.05, 3.63) is 0 Å². The van der Waals surface area contributed by atoms with Gasteiger partial charge in [-0.05, 0) is 31.6 Å². The maximum absolute atomic E-state index is 11.3. The Morgan fingerprint density at radius 3 is 2.56 bits per heavy atom. The number of alkyl carbamates (subject to hydrolysis) is 1. The van der Waals surface area contributed by atoms with Gasteiger partial charge in [-0.15, -0.1) is 0 Å². The fourth-order valence-corrected chi connectivity index (χ4v) is 2.04. The molecule has 0 saturated heterocycles. The van der Waals surface area contributed by atoms with Crippen LogP contribution in [0.2, 0.25) is 0 Å². The van der Waals surface area contributed by atoms with E-state index in [0.29, 0.717) is 18.8 Å². The van der Waals surface area contributed by atoms with Crippen LogP contribution in [0.5, 0.6) is 0 Å². The number of carbonyl (C=O) groups is 1. The summed E-state index contributed by atoms with van der Waals surface area (Å²) in [4.78, 5) is 11.3. The summed E-state index contributed by atoms with van der Waals surface area (Å²) in [5.41, 5.74) is 4.91. The smallest absolute Gasteiger partial charge is 0.407 e. The SMILES string of the molecule is COC(=O)NC1(/C(N)=N/O)CCC(C)CC1. The van der Waals surface area contributed by atoms with Crippen molar-refractivity contribution in [3.63, 3.8) is 0 Å². The van der Waals surface area contributed by atoms with Gasteiger partial charge in [0.2, 0.25) is 0 Å². The molecule has 0 heterocycles. The van der Waals surface area contributed by atoms with E-state index in [1.165, 1.54) is 7.11 Å². The number of oxime groups is 1. The second-order valence-corrected chi connectivity index (χ2v) is 4.37. The van der Waals surface area contributed by atoms with Crippen molar-refractivity contribution < 1.29 is 14.7 Å². The summed E-state index contributed by atoms with van der Waals surface area (Å²) in [6.45, 7) is 2.15. The van der Waals surface area contributed by atoms with Crippen LogP contribution in [-0.2, 0) is 4.74 Å². The van der Waals surface area contributed by atoms with Crippen molar-refractivity contribution in [3.8, 4) is 0 Å². The zero-order chi connectivity index (χ0) is 12.2. The van der Waals surface area contributed by atoms with Gasteiger partial charge in [0.25, 0.3) is 0 Å². The van der Waals surface area contributed by atoms with Crippen LogP contribution in [0.4, 0.5) is 4.79 Å². The second kappa shape index (κ2) is 5.05. The van der Waals surface area contributed by atoms with Crippen molar-refractivity contribution in [2.45, 2.75) is 38.1 Å². The molecule has 1 fully saturated rings. The molecule has 0 aromatic rings. The third-order valence-electron chi connectivity index (χ3n) is 3.25. The van der Waals surface area contributed by atoms with Gasteiger partial charge in [0.1, 0.15) is 5.54 Å². The summed E-state index contributed by atoms with van der Waals surface area (Å²) in [7, 11) is 1.29. The summed E-state index contributed by atoms with van der Waals surface area (Å²) in [6.07, 6.45) is 2.64. The molecule has 6 nitrogen and oxygen atoms in total. The average Bonchev–Trinajstić information content (AvgIpc) is 2.31. The fourth-order valence-electron chi connectivity index (χ4n) is 2.04. The first kappa shape index (κ1) is 12.6. The van der Waals surface area contributed by atoms with E-state index in [2.05, 4.69) is 22.1 Å². The number of carbonyl (C=O) groups excluding carboxylic acids is 1. The van der Waals surface area contributed by atoms with Crippen LogP contribution < -0.4 is 11.1 Å². The zero-order valence-electron chi connectivity index (χ0n) is 9.69. The number of amides is 1. The van der Waals surface area contributed by atoms with Crippen LogP contribution in [0.25, 0.3) is 0 Å². The van der Waals surface area contributed by atoms with Gasteiger partial charge in [0.15, 0.2) is 5.84 Å². The predicted octanol–water partition coefficient (Wildman–Crippen LogP) is 1.04. The highest BCUT2D eigenvalue weighted by atomic mass is 16.5. The first-order chi connectivity index (χ1) is 7.54. The van der Waals surface area contributed by atoms with Gasteiger partial charge < -0.3 is 21.0 Å². The van der Waals surface area contributed by atoms with E-state index >= 15 is 0 Å². The van der Waals surface area contributed by atoms with E-state index in [1.54, 1.807) is 0 Å². The Labute approximate surface area is 94.8 Å². The Bertz CT molecular complexity index is 283. The van der Waals surface area contributed by atoms with E-state index < -0.39 is 11.6 Å². The van der Waals surface area contributed by atoms with E-state index in [0.717, 1.165) is 12.8 Å². The molecular weight excluding hydrogens is 210 g/mol. The summed E-state index contributed by atoms with van der Waals surface area (Å²) >= 11 is 0. The van der Waals surface area contributed by atoms with Gasteiger partial charge in [0, 0.05) is 0 Å². The molecule has 0 spiro atoms. The van der Waals surface area contributed by atoms with Crippen LogP contribution >= 0.6 is 0 Å². The molecule has 6 heteroatoms. The normalized spacial score (nSPS) is 30.9. The highest BCUT2D eigenvalue weighted by Crippen LogP contribution is 2.32. The number of ether oxygens (including phenoxy) is 1. The fraction of sp³-hybridized carbons (Fsp3) is 0.800. The largest absolute Gasteiger partial charge is 0.453 e. The highest BCUT2D eigenvalue weighted by Gasteiger charge is 2.40. The van der Waals surface area contributed by atoms with Crippen molar-refractivity contribution >= 4 is 11.9 Å². The molecule has 0 unspecified atom stereocenters. The molecule has 1 aliphatic carbocycles. The molecule has 1 saturated carbocycles. The van der Waals surface area contributed by atoms with Gasteiger partial charge >= 0.3 is 6.09 Å². The van der Waals surface area contributed by atoms with Crippen molar-refractivity contribution in [2.75, 3.05) is 7.11 Å². The van der Waals surface area contributed by atoms with E-state index in [-0.39, 0.29) is 5.84 Å². The Morgan fingerprint density at radius 2 is 2.12 bits per heavy atom. The van der Waals surface area contributed by atoms with E-state index in [9.17, 15) is 4.79 Å². The van der Waals surface area contributed by atoms with Crippen LogP contribution in [0.3, 0.4) is 0 Å². The van der Waals surface area contributed by atoms with Crippen LogP contribution in [-0.4, -0.2) is 29.8 Å². The predicted molar refractivity (Wildman–Crippen MR) is 59.3 cm³/mol. The van der Waals surface area contributed by atoms with E-state index in [4.69, 9.17) is 10.9 Å². The maximum Gasteiger partial charge on any atom is 0.407 e. The molecule has 16 heavy (non-hydrogen) atoms. The van der Waals surface area contributed by atoms with Gasteiger partial charge in [-0.2, -0.15) is 0 Å². The zero-order valence-corrected chi connectivity index (χ0v) is 9.69. The number of amidine groups is 1. The van der Waals surface area contributed by atoms with Gasteiger partial charge in [-0.1, -0.05) is 12.1 Å². The molecule has 1 aliphatic rings. The number of nitrogens with one attached hydrogen (secondary N) is 1. The molecule has 0 atom stereocenters. The number of rotatable bonds is 2. The standard InChI is InChI=1S/C10H19N3O3/c1-7-3-5-10(6-4-7,8(11)13-15)12-9(14)16-2/h7,15H,3-6H2,1-2H3,(H2,11,13)(H,12,14). The van der Waals surface area contributed by atoms with Gasteiger partial charge in [0.05, 0.1) is 7.11 Å². The lowest BCUT2D eigenvalue weighted by Crippen LogP contribution is -2.59. The molecule has 4 N–H and O–H groups in total. The Hall–Kier alpha value is -1.46. The lowest BCUT2D eigenvalue weighted by Gasteiger charge is -2.38. The molecule has 0 aromatic carbocycles. The van der Waals surface area contributed by atoms with Crippen molar-refractivity contribution in [1.82, 2.24) is 5.32 Å². The summed E-state index contributed by atoms with van der Waals surface area (Å²) in [5, 5.41) is 14.5. The monoisotopic (exact) mass is 229 g/mol. The lowest BCUT2D eigenvalue weighted by molar-refractivity contribution is 0.152. The molecule has 0 aromatic heterocycles. The Kier molecular flexibility index (Phi) is 3.98. The number of hydrogen-bond acceptors (Lipinski definition) is 4. The molecular formula is C10H19N3O3. The molecule has 0 aliphatic heterocycles. The molecule has 0 bridgehead atoms. The van der Waals surface area contributed by atoms with E-state index in [1.807, 2.05) is 0 Å². The lowest BCUT2D eigenvalue weighted by atomic mass is 9.76. The number of methoxy groups -OCH3 is 1. The molecule has 1 amide bonds. The minimum absolute atomic E-state index is 0.0461. The summed E-state index contributed by atoms with van der Waals surface area (Å²) in [6, 6.07) is 0. The first-order valence-corrected chi connectivity index (χ1v) is 5.38. The molecule has 92 valence electrons. The Balaban J connectivity index is 2.81. The topological polar surface area (TPSA) is 96.9 Å². The average molecular weight is 229 g/mol. The third kappa shape index (κ3) is 2.56. The van der Waals surface area contributed by atoms with Crippen LogP contribution in [0, 0.1) is 5.92 Å². The Morgan fingerprint density at radius 1 is 1.56 bits per heavy atom. The first-order valence-electron chi connectivity index (χ1n) is 5.38. The second-order valence-electron chi connectivity index (χ2n) is 4.37. The minimum atomic E-state index is -0.756. The van der Waals surface area contributed by atoms with Crippen LogP contribution in [0.15, 0.2) is 5.16 Å². The van der Waals surface area contributed by atoms with Gasteiger partial charge in [-0.3, -0.25) is 0 Å². The molecule has 1 rings (SSSR count). The van der Waals surface area contributed by atoms with Gasteiger partial charge in [-0.25, -0.2) is 4.79 Å². The number of nitrogens with two attached hydrogens (primary N) is 1. The highest BCUT2D eigenvalue weighted by molar-refractivity contribution is 5.92.